The summed E-state index contributed by atoms with van der Waals surface area (Å²) in [5.74, 6) is 1.76. The van der Waals surface area contributed by atoms with Crippen molar-refractivity contribution < 1.29 is 13.2 Å². The van der Waals surface area contributed by atoms with Crippen LogP contribution in [0.15, 0.2) is 84.1 Å². The fourth-order valence-corrected chi connectivity index (χ4v) is 4.98. The van der Waals surface area contributed by atoms with Gasteiger partial charge < -0.3 is 19.9 Å². The van der Waals surface area contributed by atoms with Crippen molar-refractivity contribution in [3.8, 4) is 5.75 Å². The molecule has 0 aliphatic rings. The summed E-state index contributed by atoms with van der Waals surface area (Å²) >= 11 is 0. The zero-order valence-electron chi connectivity index (χ0n) is 21.4. The molecule has 0 aliphatic heterocycles. The van der Waals surface area contributed by atoms with Crippen LogP contribution in [0.2, 0.25) is 0 Å². The van der Waals surface area contributed by atoms with Crippen LogP contribution in [0.3, 0.4) is 0 Å². The Balaban J connectivity index is 1.41. The molecule has 9 nitrogen and oxygen atoms in total. The fourth-order valence-electron chi connectivity index (χ4n) is 3.52. The van der Waals surface area contributed by atoms with E-state index in [1.165, 1.54) is 0 Å². The lowest BCUT2D eigenvalue weighted by molar-refractivity contribution is 0.298. The Bertz CT molecular complexity index is 1430. The number of benzene rings is 2. The van der Waals surface area contributed by atoms with E-state index in [9.17, 15) is 8.42 Å². The topological polar surface area (TPSA) is 110 Å². The van der Waals surface area contributed by atoms with Crippen LogP contribution in [0.1, 0.15) is 26.3 Å². The molecule has 0 amide bonds. The van der Waals surface area contributed by atoms with Gasteiger partial charge in [-0.05, 0) is 82.3 Å². The van der Waals surface area contributed by atoms with Crippen molar-refractivity contribution in [3.05, 3.63) is 84.8 Å². The van der Waals surface area contributed by atoms with Gasteiger partial charge in [0.15, 0.2) is 0 Å². The smallest absolute Gasteiger partial charge is 0.241 e. The van der Waals surface area contributed by atoms with E-state index in [1.54, 1.807) is 51.2 Å². The second-order valence-corrected chi connectivity index (χ2v) is 11.3. The van der Waals surface area contributed by atoms with E-state index in [1.807, 2.05) is 55.7 Å². The molecule has 0 aliphatic carbocycles. The molecule has 37 heavy (non-hydrogen) atoms. The molecule has 0 spiro atoms. The van der Waals surface area contributed by atoms with Gasteiger partial charge in [0.1, 0.15) is 18.2 Å². The highest BCUT2D eigenvalue weighted by atomic mass is 32.2. The van der Waals surface area contributed by atoms with Crippen molar-refractivity contribution in [2.75, 3.05) is 17.2 Å². The Morgan fingerprint density at radius 1 is 0.946 bits per heavy atom. The summed E-state index contributed by atoms with van der Waals surface area (Å²) < 4.78 is 36.0. The van der Waals surface area contributed by atoms with E-state index >= 15 is 0 Å². The number of hydrogen-bond acceptors (Lipinski definition) is 7. The van der Waals surface area contributed by atoms with E-state index in [2.05, 4.69) is 29.9 Å². The molecule has 0 saturated carbocycles. The third-order valence-electron chi connectivity index (χ3n) is 5.21. The zero-order valence-corrected chi connectivity index (χ0v) is 22.2. The minimum Gasteiger partial charge on any atom is -0.492 e. The van der Waals surface area contributed by atoms with E-state index in [-0.39, 0.29) is 4.90 Å². The molecule has 0 fully saturated rings. The van der Waals surface area contributed by atoms with Crippen LogP contribution >= 0.6 is 0 Å². The van der Waals surface area contributed by atoms with Gasteiger partial charge in [-0.2, -0.15) is 4.98 Å². The summed E-state index contributed by atoms with van der Waals surface area (Å²) in [6.07, 6.45) is 5.71. The van der Waals surface area contributed by atoms with Crippen molar-refractivity contribution in [1.29, 1.82) is 0 Å². The predicted octanol–water partition coefficient (Wildman–Crippen LogP) is 5.23. The minimum atomic E-state index is -3.66. The molecule has 0 radical (unpaired) electrons. The molecule has 3 N–H and O–H groups in total. The molecular weight excluding hydrogens is 488 g/mol. The van der Waals surface area contributed by atoms with Gasteiger partial charge in [-0.15, -0.1) is 0 Å². The van der Waals surface area contributed by atoms with E-state index in [4.69, 9.17) is 4.74 Å². The maximum atomic E-state index is 12.7. The van der Waals surface area contributed by atoms with Crippen molar-refractivity contribution in [1.82, 2.24) is 19.3 Å². The third-order valence-corrected chi connectivity index (χ3v) is 6.97. The summed E-state index contributed by atoms with van der Waals surface area (Å²) in [6.45, 7) is 8.65. The van der Waals surface area contributed by atoms with Gasteiger partial charge in [-0.25, -0.2) is 18.1 Å². The molecule has 0 atom stereocenters. The average molecular weight is 521 g/mol. The number of sulfonamides is 1. The lowest BCUT2D eigenvalue weighted by Crippen LogP contribution is -2.40. The fraction of sp³-hybridized carbons (Fsp3) is 0.259. The zero-order chi connectivity index (χ0) is 26.5. The standard InChI is InChI=1S/C27H32N6O3S/c1-20-19-28-26(30-21-10-12-23(13-11-21)36-17-16-33-14-5-6-15-33)31-25(20)29-22-8-7-9-24(18-22)37(34,35)32-27(2,3)4/h5-15,18-19,32H,16-17H2,1-4H3,(H2,28,29,30,31). The molecule has 0 saturated heterocycles. The van der Waals surface area contributed by atoms with E-state index < -0.39 is 15.6 Å². The number of nitrogens with one attached hydrogen (secondary N) is 3. The molecule has 194 valence electrons. The summed E-state index contributed by atoms with van der Waals surface area (Å²) in [6, 6.07) is 18.2. The minimum absolute atomic E-state index is 0.174. The van der Waals surface area contributed by atoms with Crippen LogP contribution in [0.25, 0.3) is 0 Å². The Morgan fingerprint density at radius 3 is 2.38 bits per heavy atom. The van der Waals surface area contributed by atoms with Crippen LogP contribution in [0.5, 0.6) is 5.75 Å². The van der Waals surface area contributed by atoms with E-state index in [0.717, 1.165) is 23.5 Å². The molecule has 10 heteroatoms. The third kappa shape index (κ3) is 7.55. The lowest BCUT2D eigenvalue weighted by Gasteiger charge is -2.20. The second kappa shape index (κ2) is 11.0. The summed E-state index contributed by atoms with van der Waals surface area (Å²) in [4.78, 5) is 9.13. The van der Waals surface area contributed by atoms with Crippen molar-refractivity contribution in [2.24, 2.45) is 0 Å². The highest BCUT2D eigenvalue weighted by Crippen LogP contribution is 2.24. The Morgan fingerprint density at radius 2 is 1.68 bits per heavy atom. The van der Waals surface area contributed by atoms with Gasteiger partial charge in [0.05, 0.1) is 11.4 Å². The maximum absolute atomic E-state index is 12.7. The lowest BCUT2D eigenvalue weighted by atomic mass is 10.1. The van der Waals surface area contributed by atoms with Crippen LogP contribution in [-0.4, -0.2) is 35.1 Å². The van der Waals surface area contributed by atoms with Gasteiger partial charge in [0, 0.05) is 41.1 Å². The monoisotopic (exact) mass is 520 g/mol. The van der Waals surface area contributed by atoms with Crippen molar-refractivity contribution in [3.63, 3.8) is 0 Å². The van der Waals surface area contributed by atoms with Gasteiger partial charge in [0.2, 0.25) is 16.0 Å². The highest BCUT2D eigenvalue weighted by Gasteiger charge is 2.22. The second-order valence-electron chi connectivity index (χ2n) is 9.65. The van der Waals surface area contributed by atoms with Gasteiger partial charge in [-0.3, -0.25) is 0 Å². The maximum Gasteiger partial charge on any atom is 0.241 e. The van der Waals surface area contributed by atoms with Gasteiger partial charge in [-0.1, -0.05) is 6.07 Å². The van der Waals surface area contributed by atoms with Crippen LogP contribution in [0, 0.1) is 6.92 Å². The molecule has 0 unspecified atom stereocenters. The number of aryl methyl sites for hydroxylation is 1. The number of aromatic nitrogens is 3. The van der Waals surface area contributed by atoms with Crippen LogP contribution < -0.4 is 20.1 Å². The quantitative estimate of drug-likeness (QED) is 0.263. The molecule has 2 aromatic heterocycles. The Hall–Kier alpha value is -3.89. The summed E-state index contributed by atoms with van der Waals surface area (Å²) in [5.41, 5.74) is 1.65. The number of anilines is 4. The highest BCUT2D eigenvalue weighted by molar-refractivity contribution is 7.89. The first-order valence-corrected chi connectivity index (χ1v) is 13.4. The first-order valence-electron chi connectivity index (χ1n) is 11.9. The summed E-state index contributed by atoms with van der Waals surface area (Å²) in [7, 11) is -3.66. The number of ether oxygens (including phenoxy) is 1. The molecule has 4 aromatic rings. The first-order chi connectivity index (χ1) is 17.6. The van der Waals surface area contributed by atoms with E-state index in [0.29, 0.717) is 24.1 Å². The SMILES string of the molecule is Cc1cnc(Nc2ccc(OCCn3cccc3)cc2)nc1Nc1cccc(S(=O)(=O)NC(C)(C)C)c1. The molecule has 2 heterocycles. The van der Waals surface area contributed by atoms with Crippen molar-refractivity contribution in [2.45, 2.75) is 44.7 Å². The van der Waals surface area contributed by atoms with Gasteiger partial charge in [0.25, 0.3) is 0 Å². The normalized spacial score (nSPS) is 11.8. The Kier molecular flexibility index (Phi) is 7.80. The molecule has 2 aromatic carbocycles. The average Bonchev–Trinajstić information content (AvgIpc) is 3.35. The predicted molar refractivity (Wildman–Crippen MR) is 146 cm³/mol. The van der Waals surface area contributed by atoms with Gasteiger partial charge >= 0.3 is 0 Å². The first kappa shape index (κ1) is 26.2. The summed E-state index contributed by atoms with van der Waals surface area (Å²) in [5, 5.41) is 6.41. The number of rotatable bonds is 10. The largest absolute Gasteiger partial charge is 0.492 e. The molecular formula is C27H32N6O3S. The van der Waals surface area contributed by atoms with Crippen LogP contribution in [-0.2, 0) is 16.6 Å². The van der Waals surface area contributed by atoms with Crippen LogP contribution in [0.4, 0.5) is 23.1 Å². The molecule has 4 rings (SSSR count). The van der Waals surface area contributed by atoms with Crippen molar-refractivity contribution >= 4 is 33.2 Å². The Labute approximate surface area is 218 Å². The number of nitrogens with zero attached hydrogens (tertiary/aromatic N) is 3. The number of hydrogen-bond donors (Lipinski definition) is 3. The molecule has 0 bridgehead atoms.